The van der Waals surface area contributed by atoms with Gasteiger partial charge in [-0.15, -0.1) is 0 Å². The van der Waals surface area contributed by atoms with Crippen LogP contribution < -0.4 is 10.6 Å². The first-order valence-corrected chi connectivity index (χ1v) is 7.78. The number of nitrogens with two attached hydrogens (primary N) is 1. The number of amides is 2. The van der Waals surface area contributed by atoms with E-state index in [9.17, 15) is 14.0 Å². The van der Waals surface area contributed by atoms with Gasteiger partial charge >= 0.3 is 0 Å². The van der Waals surface area contributed by atoms with Crippen LogP contribution in [0, 0.1) is 11.7 Å². The largest absolute Gasteiger partial charge is 0.436 e. The van der Waals surface area contributed by atoms with Crippen molar-refractivity contribution in [1.82, 2.24) is 4.98 Å². The van der Waals surface area contributed by atoms with Gasteiger partial charge in [0, 0.05) is 18.7 Å². The molecule has 2 amide bonds. The lowest BCUT2D eigenvalue weighted by molar-refractivity contribution is -0.123. The van der Waals surface area contributed by atoms with E-state index in [0.29, 0.717) is 16.8 Å². The van der Waals surface area contributed by atoms with Crippen LogP contribution in [0.3, 0.4) is 0 Å². The lowest BCUT2D eigenvalue weighted by Crippen LogP contribution is -2.28. The summed E-state index contributed by atoms with van der Waals surface area (Å²) in [5.74, 6) is -1.39. The van der Waals surface area contributed by atoms with Crippen molar-refractivity contribution in [1.29, 1.82) is 0 Å². The van der Waals surface area contributed by atoms with E-state index >= 15 is 0 Å². The molecule has 6 nitrogen and oxygen atoms in total. The number of rotatable bonds is 3. The quantitative estimate of drug-likeness (QED) is 0.794. The number of anilines is 1. The summed E-state index contributed by atoms with van der Waals surface area (Å²) in [5, 5.41) is 0. The second-order valence-electron chi connectivity index (χ2n) is 5.96. The second-order valence-corrected chi connectivity index (χ2v) is 5.96. The predicted octanol–water partition coefficient (Wildman–Crippen LogP) is 2.47. The third kappa shape index (κ3) is 2.63. The zero-order valence-electron chi connectivity index (χ0n) is 13.1. The van der Waals surface area contributed by atoms with Crippen molar-refractivity contribution < 1.29 is 18.4 Å². The molecule has 25 heavy (non-hydrogen) atoms. The number of carbonyl (C=O) groups is 2. The Kier molecular flexibility index (Phi) is 3.49. The van der Waals surface area contributed by atoms with Crippen molar-refractivity contribution in [3.05, 3.63) is 48.3 Å². The molecule has 2 aromatic carbocycles. The summed E-state index contributed by atoms with van der Waals surface area (Å²) in [6.45, 7) is 0.248. The Balaban J connectivity index is 1.71. The lowest BCUT2D eigenvalue weighted by atomic mass is 10.1. The fourth-order valence-corrected chi connectivity index (χ4v) is 2.98. The van der Waals surface area contributed by atoms with Gasteiger partial charge in [-0.1, -0.05) is 12.1 Å². The maximum absolute atomic E-state index is 13.9. The second kappa shape index (κ2) is 5.70. The first kappa shape index (κ1) is 15.3. The Labute approximate surface area is 142 Å². The van der Waals surface area contributed by atoms with Crippen LogP contribution >= 0.6 is 0 Å². The van der Waals surface area contributed by atoms with Crippen LogP contribution in [0.25, 0.3) is 22.6 Å². The molecule has 1 atom stereocenters. The van der Waals surface area contributed by atoms with Gasteiger partial charge < -0.3 is 15.1 Å². The molecule has 2 heterocycles. The molecule has 126 valence electrons. The van der Waals surface area contributed by atoms with E-state index in [4.69, 9.17) is 10.2 Å². The van der Waals surface area contributed by atoms with E-state index in [1.165, 1.54) is 11.0 Å². The number of carbonyl (C=O) groups excluding carboxylic acids is 2. The Morgan fingerprint density at radius 2 is 2.08 bits per heavy atom. The maximum Gasteiger partial charge on any atom is 0.230 e. The highest BCUT2D eigenvalue weighted by molar-refractivity contribution is 6.01. The molecule has 3 aromatic rings. The van der Waals surface area contributed by atoms with Crippen LogP contribution in [0.4, 0.5) is 10.1 Å². The van der Waals surface area contributed by atoms with Gasteiger partial charge in [0.05, 0.1) is 11.5 Å². The standard InChI is InChI=1S/C18H14FN3O3/c19-13-4-2-1-3-12(13)18-21-14-8-11(5-6-15(14)25-18)22-9-10(17(20)24)7-16(22)23/h1-6,8,10H,7,9H2,(H2,20,24)/t10-/m1/s1. The Morgan fingerprint density at radius 1 is 1.28 bits per heavy atom. The van der Waals surface area contributed by atoms with E-state index < -0.39 is 17.6 Å². The van der Waals surface area contributed by atoms with E-state index in [0.717, 1.165) is 0 Å². The summed E-state index contributed by atoms with van der Waals surface area (Å²) in [4.78, 5) is 29.3. The van der Waals surface area contributed by atoms with Crippen molar-refractivity contribution in [3.8, 4) is 11.5 Å². The average Bonchev–Trinajstić information content (AvgIpc) is 3.18. The van der Waals surface area contributed by atoms with Crippen LogP contribution in [0.1, 0.15) is 6.42 Å². The van der Waals surface area contributed by atoms with Gasteiger partial charge in [0.1, 0.15) is 11.3 Å². The third-order valence-corrected chi connectivity index (χ3v) is 4.31. The van der Waals surface area contributed by atoms with Gasteiger partial charge in [-0.3, -0.25) is 9.59 Å². The average molecular weight is 339 g/mol. The number of nitrogens with zero attached hydrogens (tertiary/aromatic N) is 2. The molecule has 1 aliphatic rings. The highest BCUT2D eigenvalue weighted by Crippen LogP contribution is 2.31. The van der Waals surface area contributed by atoms with Crippen LogP contribution in [0.2, 0.25) is 0 Å². The molecule has 1 aliphatic heterocycles. The van der Waals surface area contributed by atoms with Gasteiger partial charge in [0.15, 0.2) is 5.58 Å². The Hall–Kier alpha value is -3.22. The summed E-state index contributed by atoms with van der Waals surface area (Å²) < 4.78 is 19.5. The smallest absolute Gasteiger partial charge is 0.230 e. The van der Waals surface area contributed by atoms with E-state index in [1.807, 2.05) is 0 Å². The van der Waals surface area contributed by atoms with E-state index in [1.54, 1.807) is 36.4 Å². The van der Waals surface area contributed by atoms with Crippen molar-refractivity contribution in [2.24, 2.45) is 11.7 Å². The fourth-order valence-electron chi connectivity index (χ4n) is 2.98. The third-order valence-electron chi connectivity index (χ3n) is 4.31. The molecule has 0 spiro atoms. The SMILES string of the molecule is NC(=O)[C@@H]1CC(=O)N(c2ccc3oc(-c4ccccc4F)nc3c2)C1. The molecule has 0 radical (unpaired) electrons. The van der Waals surface area contributed by atoms with Crippen LogP contribution in [-0.2, 0) is 9.59 Å². The molecular weight excluding hydrogens is 325 g/mol. The molecule has 1 fully saturated rings. The van der Waals surface area contributed by atoms with Gasteiger partial charge in [0.25, 0.3) is 0 Å². The number of oxazole rings is 1. The number of fused-ring (bicyclic) bond motifs is 1. The fraction of sp³-hybridized carbons (Fsp3) is 0.167. The van der Waals surface area contributed by atoms with Crippen molar-refractivity contribution in [2.75, 3.05) is 11.4 Å². The lowest BCUT2D eigenvalue weighted by Gasteiger charge is -2.15. The summed E-state index contributed by atoms with van der Waals surface area (Å²) in [5.41, 5.74) is 7.16. The minimum absolute atomic E-state index is 0.104. The van der Waals surface area contributed by atoms with E-state index in [-0.39, 0.29) is 30.3 Å². The topological polar surface area (TPSA) is 89.4 Å². The molecule has 2 N–H and O–H groups in total. The van der Waals surface area contributed by atoms with Crippen LogP contribution in [0.15, 0.2) is 46.9 Å². The van der Waals surface area contributed by atoms with Crippen molar-refractivity contribution in [3.63, 3.8) is 0 Å². The molecular formula is C18H14FN3O3. The minimum Gasteiger partial charge on any atom is -0.436 e. The monoisotopic (exact) mass is 339 g/mol. The molecule has 7 heteroatoms. The molecule has 0 unspecified atom stereocenters. The normalized spacial score (nSPS) is 17.4. The van der Waals surface area contributed by atoms with Gasteiger partial charge in [0.2, 0.25) is 17.7 Å². The first-order valence-electron chi connectivity index (χ1n) is 7.78. The summed E-state index contributed by atoms with van der Waals surface area (Å²) in [7, 11) is 0. The van der Waals surface area contributed by atoms with Gasteiger partial charge in [-0.2, -0.15) is 0 Å². The number of hydrogen-bond donors (Lipinski definition) is 1. The van der Waals surface area contributed by atoms with Crippen LogP contribution in [-0.4, -0.2) is 23.3 Å². The molecule has 4 rings (SSSR count). The molecule has 0 bridgehead atoms. The minimum atomic E-state index is -0.491. The summed E-state index contributed by atoms with van der Waals surface area (Å²) >= 11 is 0. The molecule has 0 aliphatic carbocycles. The highest BCUT2D eigenvalue weighted by atomic mass is 19.1. The highest BCUT2D eigenvalue weighted by Gasteiger charge is 2.34. The zero-order valence-corrected chi connectivity index (χ0v) is 13.1. The zero-order chi connectivity index (χ0) is 17.6. The maximum atomic E-state index is 13.9. The number of halogens is 1. The van der Waals surface area contributed by atoms with E-state index in [2.05, 4.69) is 4.98 Å². The first-order chi connectivity index (χ1) is 12.0. The van der Waals surface area contributed by atoms with Crippen molar-refractivity contribution in [2.45, 2.75) is 6.42 Å². The van der Waals surface area contributed by atoms with Crippen molar-refractivity contribution >= 4 is 28.6 Å². The van der Waals surface area contributed by atoms with Crippen LogP contribution in [0.5, 0.6) is 0 Å². The molecule has 1 saturated heterocycles. The molecule has 1 aromatic heterocycles. The summed E-state index contributed by atoms with van der Waals surface area (Å²) in [6, 6.07) is 11.3. The summed E-state index contributed by atoms with van der Waals surface area (Å²) in [6.07, 6.45) is 0.104. The Morgan fingerprint density at radius 3 is 2.80 bits per heavy atom. The number of primary amides is 1. The van der Waals surface area contributed by atoms with Gasteiger partial charge in [-0.25, -0.2) is 9.37 Å². The number of aromatic nitrogens is 1. The molecule has 0 saturated carbocycles. The number of hydrogen-bond acceptors (Lipinski definition) is 4. The predicted molar refractivity (Wildman–Crippen MR) is 89.1 cm³/mol. The van der Waals surface area contributed by atoms with Gasteiger partial charge in [-0.05, 0) is 30.3 Å². The number of benzene rings is 2. The Bertz CT molecular complexity index is 998.